The Labute approximate surface area is 79.8 Å². The number of aliphatic hydroxyl groups excluding tert-OH is 6. The molecule has 0 spiro atoms. The summed E-state index contributed by atoms with van der Waals surface area (Å²) in [5.41, 5.74) is 0. The zero-order valence-electron chi connectivity index (χ0n) is 7.26. The third kappa shape index (κ3) is 2.04. The molecule has 0 aromatic carbocycles. The summed E-state index contributed by atoms with van der Waals surface area (Å²) in [5.74, 6) is 0. The lowest BCUT2D eigenvalue weighted by Gasteiger charge is -2.39. The summed E-state index contributed by atoms with van der Waals surface area (Å²) in [6.45, 7) is -0.683. The van der Waals surface area contributed by atoms with E-state index in [9.17, 15) is 10.2 Å². The van der Waals surface area contributed by atoms with Crippen LogP contribution in [0.3, 0.4) is 0 Å². The second-order valence-electron chi connectivity index (χ2n) is 3.21. The molecule has 1 aliphatic rings. The normalized spacial score (nSPS) is 46.3. The highest BCUT2D eigenvalue weighted by Gasteiger charge is 2.45. The van der Waals surface area contributed by atoms with E-state index in [-0.39, 0.29) is 0 Å². The van der Waals surface area contributed by atoms with Crippen molar-refractivity contribution in [1.82, 2.24) is 0 Å². The summed E-state index contributed by atoms with van der Waals surface area (Å²) in [5, 5.41) is 54.3. The van der Waals surface area contributed by atoms with Crippen molar-refractivity contribution in [2.24, 2.45) is 0 Å². The lowest BCUT2D eigenvalue weighted by molar-refractivity contribution is -0.298. The van der Waals surface area contributed by atoms with Crippen LogP contribution in [0.4, 0.5) is 0 Å². The predicted octanol–water partition coefficient (Wildman–Crippen LogP) is -3.86. The van der Waals surface area contributed by atoms with E-state index < -0.39 is 43.4 Å². The van der Waals surface area contributed by atoms with Crippen LogP contribution >= 0.6 is 0 Å². The lowest BCUT2D eigenvalue weighted by atomic mass is 9.96. The minimum absolute atomic E-state index is 0.683. The molecule has 6 N–H and O–H groups in total. The lowest BCUT2D eigenvalue weighted by Crippen LogP contribution is -2.61. The molecular weight excluding hydrogens is 196 g/mol. The Bertz CT molecular complexity index is 187. The molecule has 0 unspecified atom stereocenters. The van der Waals surface area contributed by atoms with Gasteiger partial charge in [0.25, 0.3) is 0 Å². The SMILES string of the molecule is OC[C@H](O)[C@H]1O[C@@H](O)[C@H](O)[C@H](O)[C@@H]1O. The van der Waals surface area contributed by atoms with Gasteiger partial charge in [-0.2, -0.15) is 0 Å². The molecule has 0 bridgehead atoms. The fourth-order valence-corrected chi connectivity index (χ4v) is 1.31. The van der Waals surface area contributed by atoms with Gasteiger partial charge in [-0.15, -0.1) is 0 Å². The Morgan fingerprint density at radius 1 is 1.00 bits per heavy atom. The van der Waals surface area contributed by atoms with Crippen LogP contribution in [0.5, 0.6) is 0 Å². The minimum atomic E-state index is -1.69. The van der Waals surface area contributed by atoms with Crippen molar-refractivity contribution in [1.29, 1.82) is 0 Å². The monoisotopic (exact) mass is 210 g/mol. The second kappa shape index (κ2) is 4.49. The van der Waals surface area contributed by atoms with Gasteiger partial charge in [-0.1, -0.05) is 0 Å². The fraction of sp³-hybridized carbons (Fsp3) is 1.00. The molecular formula is C7H14O7. The fourth-order valence-electron chi connectivity index (χ4n) is 1.31. The van der Waals surface area contributed by atoms with Crippen molar-refractivity contribution in [3.8, 4) is 0 Å². The van der Waals surface area contributed by atoms with E-state index in [0.29, 0.717) is 0 Å². The topological polar surface area (TPSA) is 131 Å². The third-order valence-electron chi connectivity index (χ3n) is 2.19. The van der Waals surface area contributed by atoms with Crippen LogP contribution in [0.2, 0.25) is 0 Å². The maximum Gasteiger partial charge on any atom is 0.184 e. The Balaban J connectivity index is 2.70. The van der Waals surface area contributed by atoms with Gasteiger partial charge in [-0.25, -0.2) is 0 Å². The first kappa shape index (κ1) is 11.8. The summed E-state index contributed by atoms with van der Waals surface area (Å²) in [6, 6.07) is 0. The molecule has 1 rings (SSSR count). The first-order chi connectivity index (χ1) is 6.49. The third-order valence-corrected chi connectivity index (χ3v) is 2.19. The average Bonchev–Trinajstić information content (AvgIpc) is 2.19. The Morgan fingerprint density at radius 2 is 1.57 bits per heavy atom. The molecule has 14 heavy (non-hydrogen) atoms. The van der Waals surface area contributed by atoms with Crippen LogP contribution in [-0.4, -0.2) is 74.1 Å². The van der Waals surface area contributed by atoms with Crippen LogP contribution in [0, 0.1) is 0 Å². The number of hydrogen-bond donors (Lipinski definition) is 6. The second-order valence-corrected chi connectivity index (χ2v) is 3.21. The molecule has 1 fully saturated rings. The van der Waals surface area contributed by atoms with E-state index in [1.54, 1.807) is 0 Å². The van der Waals surface area contributed by atoms with Crippen LogP contribution in [0.15, 0.2) is 0 Å². The molecule has 7 nitrogen and oxygen atoms in total. The molecule has 7 heteroatoms. The van der Waals surface area contributed by atoms with Crippen molar-refractivity contribution in [2.45, 2.75) is 36.8 Å². The highest BCUT2D eigenvalue weighted by atomic mass is 16.6. The van der Waals surface area contributed by atoms with Crippen molar-refractivity contribution < 1.29 is 35.4 Å². The summed E-state index contributed by atoms with van der Waals surface area (Å²) in [7, 11) is 0. The summed E-state index contributed by atoms with van der Waals surface area (Å²) in [6.07, 6.45) is -9.26. The first-order valence-corrected chi connectivity index (χ1v) is 4.15. The van der Waals surface area contributed by atoms with Crippen molar-refractivity contribution in [3.05, 3.63) is 0 Å². The van der Waals surface area contributed by atoms with E-state index >= 15 is 0 Å². The average molecular weight is 210 g/mol. The summed E-state index contributed by atoms with van der Waals surface area (Å²) >= 11 is 0. The molecule has 0 aromatic rings. The smallest absolute Gasteiger partial charge is 0.184 e. The van der Waals surface area contributed by atoms with Crippen LogP contribution in [-0.2, 0) is 4.74 Å². The molecule has 0 aliphatic carbocycles. The molecule has 0 amide bonds. The molecule has 0 aromatic heterocycles. The molecule has 1 aliphatic heterocycles. The van der Waals surface area contributed by atoms with Gasteiger partial charge in [0.15, 0.2) is 6.29 Å². The quantitative estimate of drug-likeness (QED) is 0.275. The van der Waals surface area contributed by atoms with Crippen LogP contribution in [0.25, 0.3) is 0 Å². The standard InChI is InChI=1S/C7H14O7/c8-1-2(9)6-4(11)3(10)5(12)7(13)14-6/h2-13H,1H2/t2-,3+,4-,5+,6+,7+/m0/s1. The first-order valence-electron chi connectivity index (χ1n) is 4.15. The zero-order chi connectivity index (χ0) is 10.9. The largest absolute Gasteiger partial charge is 0.394 e. The predicted molar refractivity (Wildman–Crippen MR) is 42.0 cm³/mol. The van der Waals surface area contributed by atoms with E-state index in [1.165, 1.54) is 0 Å². The van der Waals surface area contributed by atoms with Crippen LogP contribution < -0.4 is 0 Å². The van der Waals surface area contributed by atoms with Gasteiger partial charge in [-0.05, 0) is 0 Å². The molecule has 84 valence electrons. The Kier molecular flexibility index (Phi) is 3.78. The van der Waals surface area contributed by atoms with Gasteiger partial charge in [0.2, 0.25) is 0 Å². The van der Waals surface area contributed by atoms with Crippen molar-refractivity contribution >= 4 is 0 Å². The maximum absolute atomic E-state index is 9.31. The zero-order valence-corrected chi connectivity index (χ0v) is 7.26. The number of rotatable bonds is 2. The molecule has 0 radical (unpaired) electrons. The van der Waals surface area contributed by atoms with E-state index in [2.05, 4.69) is 4.74 Å². The number of hydrogen-bond acceptors (Lipinski definition) is 7. The van der Waals surface area contributed by atoms with Gasteiger partial charge in [0, 0.05) is 0 Å². The van der Waals surface area contributed by atoms with Gasteiger partial charge in [0.05, 0.1) is 6.61 Å². The van der Waals surface area contributed by atoms with Gasteiger partial charge in [0.1, 0.15) is 30.5 Å². The Hall–Kier alpha value is -0.280. The van der Waals surface area contributed by atoms with E-state index in [1.807, 2.05) is 0 Å². The molecule has 6 atom stereocenters. The van der Waals surface area contributed by atoms with Crippen molar-refractivity contribution in [2.75, 3.05) is 6.61 Å². The number of aliphatic hydroxyl groups is 6. The Morgan fingerprint density at radius 3 is 2.07 bits per heavy atom. The molecule has 1 saturated heterocycles. The molecule has 0 saturated carbocycles. The summed E-state index contributed by atoms with van der Waals surface area (Å²) in [4.78, 5) is 0. The summed E-state index contributed by atoms with van der Waals surface area (Å²) < 4.78 is 4.62. The van der Waals surface area contributed by atoms with E-state index in [4.69, 9.17) is 20.4 Å². The minimum Gasteiger partial charge on any atom is -0.394 e. The van der Waals surface area contributed by atoms with Gasteiger partial charge >= 0.3 is 0 Å². The highest BCUT2D eigenvalue weighted by Crippen LogP contribution is 2.21. The van der Waals surface area contributed by atoms with Gasteiger partial charge in [-0.3, -0.25) is 0 Å². The highest BCUT2D eigenvalue weighted by molar-refractivity contribution is 4.91. The number of ether oxygens (including phenoxy) is 1. The van der Waals surface area contributed by atoms with Crippen LogP contribution in [0.1, 0.15) is 0 Å². The van der Waals surface area contributed by atoms with Gasteiger partial charge < -0.3 is 35.4 Å². The molecule has 1 heterocycles. The van der Waals surface area contributed by atoms with E-state index in [0.717, 1.165) is 0 Å². The van der Waals surface area contributed by atoms with Crippen molar-refractivity contribution in [3.63, 3.8) is 0 Å². The maximum atomic E-state index is 9.31.